The zero-order valence-corrected chi connectivity index (χ0v) is 31.3. The van der Waals surface area contributed by atoms with Crippen LogP contribution in [0.3, 0.4) is 0 Å². The number of hydrogen-bond acceptors (Lipinski definition) is 3. The summed E-state index contributed by atoms with van der Waals surface area (Å²) < 4.78 is 9.91. The minimum Gasteiger partial charge on any atom is -0.501 e. The molecule has 0 fully saturated rings. The summed E-state index contributed by atoms with van der Waals surface area (Å²) in [5.74, 6) is 8.90. The molecule has 0 bridgehead atoms. The van der Waals surface area contributed by atoms with E-state index in [9.17, 15) is 0 Å². The fourth-order valence-electron chi connectivity index (χ4n) is 5.92. The van der Waals surface area contributed by atoms with Gasteiger partial charge in [-0.2, -0.15) is 0 Å². The molecule has 0 amide bonds. The van der Waals surface area contributed by atoms with Crippen molar-refractivity contribution in [3.05, 3.63) is 115 Å². The second kappa shape index (κ2) is 13.9. The van der Waals surface area contributed by atoms with Gasteiger partial charge in [0.25, 0.3) is 0 Å². The number of pyridine rings is 1. The molecule has 0 saturated heterocycles. The summed E-state index contributed by atoms with van der Waals surface area (Å²) in [6.07, 6.45) is 3.27. The Hall–Kier alpha value is -3.51. The fourth-order valence-corrected chi connectivity index (χ4v) is 9.26. The van der Waals surface area contributed by atoms with Gasteiger partial charge in [-0.05, 0) is 25.1 Å². The number of aryl methyl sites for hydroxylation is 1. The molecule has 3 aromatic heterocycles. The maximum atomic E-state index is 6.15. The Labute approximate surface area is 282 Å². The van der Waals surface area contributed by atoms with Crippen LogP contribution in [0.4, 0.5) is 0 Å². The largest absolute Gasteiger partial charge is 0.501 e. The predicted molar refractivity (Wildman–Crippen MR) is 187 cm³/mol. The molecule has 45 heavy (non-hydrogen) atoms. The summed E-state index contributed by atoms with van der Waals surface area (Å²) in [6, 6.07) is 37.4. The van der Waals surface area contributed by atoms with Crippen LogP contribution in [-0.2, 0) is 33.1 Å². The Balaban J connectivity index is 0.000000177. The Morgan fingerprint density at radius 3 is 2.36 bits per heavy atom. The van der Waals surface area contributed by atoms with Crippen LogP contribution in [0.2, 0.25) is 17.3 Å². The van der Waals surface area contributed by atoms with E-state index >= 15 is 0 Å². The van der Waals surface area contributed by atoms with Crippen molar-refractivity contribution in [3.63, 3.8) is 0 Å². The monoisotopic (exact) mass is 832 g/mol. The van der Waals surface area contributed by atoms with Gasteiger partial charge in [0.1, 0.15) is 5.58 Å². The molecule has 0 spiro atoms. The predicted octanol–water partition coefficient (Wildman–Crippen LogP) is 9.71. The molecular formula is C39H39GeIrN3O-2. The number of para-hydroxylation sites is 3. The fraction of sp³-hybridized carbons (Fsp3) is 0.231. The van der Waals surface area contributed by atoms with Crippen molar-refractivity contribution in [2.24, 2.45) is 5.92 Å². The van der Waals surface area contributed by atoms with Crippen LogP contribution >= 0.6 is 0 Å². The van der Waals surface area contributed by atoms with Crippen molar-refractivity contribution >= 4 is 50.6 Å². The summed E-state index contributed by atoms with van der Waals surface area (Å²) >= 11 is -1.86. The van der Waals surface area contributed by atoms with Crippen LogP contribution < -0.4 is 4.40 Å². The van der Waals surface area contributed by atoms with Crippen LogP contribution in [0.25, 0.3) is 55.6 Å². The van der Waals surface area contributed by atoms with E-state index in [0.29, 0.717) is 5.92 Å². The molecule has 0 N–H and O–H groups in total. The van der Waals surface area contributed by atoms with Gasteiger partial charge in [-0.15, -0.1) is 18.2 Å². The van der Waals surface area contributed by atoms with E-state index in [4.69, 9.17) is 14.4 Å². The van der Waals surface area contributed by atoms with Crippen molar-refractivity contribution in [2.45, 2.75) is 51.0 Å². The van der Waals surface area contributed by atoms with E-state index in [2.05, 4.69) is 91.3 Å². The Morgan fingerprint density at radius 2 is 1.62 bits per heavy atom. The van der Waals surface area contributed by atoms with Gasteiger partial charge in [0.15, 0.2) is 0 Å². The van der Waals surface area contributed by atoms with Gasteiger partial charge in [-0.25, -0.2) is 0 Å². The van der Waals surface area contributed by atoms with Crippen molar-refractivity contribution in [1.29, 1.82) is 0 Å². The number of aromatic nitrogens is 3. The minimum atomic E-state index is -1.86. The number of imidazole rings is 1. The molecule has 7 aromatic rings. The van der Waals surface area contributed by atoms with Crippen molar-refractivity contribution < 1.29 is 24.5 Å². The molecule has 6 heteroatoms. The summed E-state index contributed by atoms with van der Waals surface area (Å²) in [7, 11) is 0. The van der Waals surface area contributed by atoms with Crippen LogP contribution in [0, 0.1) is 18.1 Å². The van der Waals surface area contributed by atoms with Gasteiger partial charge in [0.05, 0.1) is 22.4 Å². The molecule has 231 valence electrons. The molecule has 0 aliphatic heterocycles. The number of hydrogen-bond donors (Lipinski definition) is 0. The normalized spacial score (nSPS) is 11.5. The zero-order chi connectivity index (χ0) is 30.8. The molecule has 0 unspecified atom stereocenters. The topological polar surface area (TPSA) is 43.9 Å². The summed E-state index contributed by atoms with van der Waals surface area (Å²) in [4.78, 5) is 9.54. The third-order valence-electron chi connectivity index (χ3n) is 7.94. The number of benzene rings is 4. The average Bonchev–Trinajstić information content (AvgIpc) is 3.59. The van der Waals surface area contributed by atoms with E-state index in [0.717, 1.165) is 68.6 Å². The quantitative estimate of drug-likeness (QED) is 0.124. The van der Waals surface area contributed by atoms with Gasteiger partial charge in [-0.3, -0.25) is 4.98 Å². The first-order chi connectivity index (χ1) is 21.2. The van der Waals surface area contributed by atoms with Gasteiger partial charge in [0.2, 0.25) is 0 Å². The average molecular weight is 831 g/mol. The number of rotatable bonds is 6. The third kappa shape index (κ3) is 6.86. The number of fused-ring (bicyclic) bond motifs is 4. The van der Waals surface area contributed by atoms with E-state index in [-0.39, 0.29) is 20.1 Å². The van der Waals surface area contributed by atoms with Crippen molar-refractivity contribution in [3.8, 4) is 22.6 Å². The van der Waals surface area contributed by atoms with Crippen LogP contribution in [0.15, 0.2) is 102 Å². The Morgan fingerprint density at radius 1 is 0.867 bits per heavy atom. The first kappa shape index (κ1) is 32.9. The third-order valence-corrected chi connectivity index (χ3v) is 12.3. The second-order valence-electron chi connectivity index (χ2n) is 12.7. The Bertz CT molecular complexity index is 2050. The molecule has 4 nitrogen and oxygen atoms in total. The van der Waals surface area contributed by atoms with Crippen LogP contribution in [-0.4, -0.2) is 27.8 Å². The number of furan rings is 1. The maximum absolute atomic E-state index is 6.15. The smallest absolute Gasteiger partial charge is 0.120 e. The SMILES string of the molecule is CC(C)Cc1cc(-c2[c-]cccc2)nc[c]1[Ge]([CH3])([CH3])[CH3].CCn1c(-c2[c-]ccc3c2oc2ccccc23)nc2ccccc21.[Ir]. The van der Waals surface area contributed by atoms with Gasteiger partial charge >= 0.3 is 126 Å². The number of nitrogens with zero attached hydrogens (tertiary/aromatic N) is 3. The molecule has 1 radical (unpaired) electrons. The molecule has 0 aliphatic rings. The second-order valence-corrected chi connectivity index (χ2v) is 23.3. The Kier molecular flexibility index (Phi) is 10.1. The molecule has 7 rings (SSSR count). The molecule has 3 heterocycles. The van der Waals surface area contributed by atoms with Gasteiger partial charge < -0.3 is 8.98 Å². The molecule has 0 aliphatic carbocycles. The molecule has 4 aromatic carbocycles. The van der Waals surface area contributed by atoms with Gasteiger partial charge in [-0.1, -0.05) is 41.3 Å². The summed E-state index contributed by atoms with van der Waals surface area (Å²) in [6.45, 7) is 7.55. The van der Waals surface area contributed by atoms with E-state index in [1.807, 2.05) is 60.7 Å². The van der Waals surface area contributed by atoms with Crippen LogP contribution in [0.5, 0.6) is 0 Å². The standard InChI is InChI=1S/C21H15N2O.C18H24GeN.Ir/c1-2-23-18-12-5-4-11-17(18)22-21(23)16-10-7-9-15-14-8-3-6-13-19(14)24-20(15)16;1-14(2)11-16-12-18(15-9-7-6-8-10-15)20-13-17(16)19(3,4)5;/h3-9,11-13H,2H2,1H3;6-9,12-14H,11H2,1-5H3;/q2*-1;. The summed E-state index contributed by atoms with van der Waals surface area (Å²) in [5, 5.41) is 2.23. The first-order valence-corrected chi connectivity index (χ1v) is 22.8. The van der Waals surface area contributed by atoms with Crippen molar-refractivity contribution in [1.82, 2.24) is 14.5 Å². The zero-order valence-electron chi connectivity index (χ0n) is 26.8. The van der Waals surface area contributed by atoms with Crippen LogP contribution in [0.1, 0.15) is 26.3 Å². The summed E-state index contributed by atoms with van der Waals surface area (Å²) in [5.41, 5.74) is 8.43. The van der Waals surface area contributed by atoms with E-state index in [1.165, 1.54) is 5.56 Å². The van der Waals surface area contributed by atoms with E-state index in [1.54, 1.807) is 4.40 Å². The first-order valence-electron chi connectivity index (χ1n) is 15.5. The molecule has 0 saturated carbocycles. The van der Waals surface area contributed by atoms with Gasteiger partial charge in [0, 0.05) is 32.0 Å². The maximum Gasteiger partial charge on any atom is 0.120 e. The molecular weight excluding hydrogens is 791 g/mol. The molecule has 0 atom stereocenters. The van der Waals surface area contributed by atoms with E-state index < -0.39 is 13.3 Å². The minimum absolute atomic E-state index is 0. The van der Waals surface area contributed by atoms with Crippen molar-refractivity contribution in [2.75, 3.05) is 0 Å².